The first kappa shape index (κ1) is 22.1. The second-order valence-corrected chi connectivity index (χ2v) is 8.97. The monoisotopic (exact) mass is 458 g/mol. The number of amides is 1. The maximum Gasteiger partial charge on any atom is 0.261 e. The fourth-order valence-corrected chi connectivity index (χ4v) is 4.37. The lowest BCUT2D eigenvalue weighted by molar-refractivity contribution is 0.102. The third-order valence-electron chi connectivity index (χ3n) is 4.97. The Kier molecular flexibility index (Phi) is 6.42. The predicted octanol–water partition coefficient (Wildman–Crippen LogP) is 5.84. The second-order valence-electron chi connectivity index (χ2n) is 7.29. The Labute approximate surface area is 192 Å². The van der Waals surface area contributed by atoms with Crippen LogP contribution < -0.4 is 14.8 Å². The summed E-state index contributed by atoms with van der Waals surface area (Å²) in [5.41, 5.74) is 1.83. The van der Waals surface area contributed by atoms with Crippen LogP contribution in [0.4, 0.5) is 11.4 Å². The molecule has 2 N–H and O–H groups in total. The molecule has 0 spiro atoms. The van der Waals surface area contributed by atoms with Gasteiger partial charge in [-0.1, -0.05) is 42.5 Å². The number of hydrogen-bond acceptors (Lipinski definition) is 4. The number of hydrogen-bond donors (Lipinski definition) is 2. The molecule has 4 rings (SSSR count). The van der Waals surface area contributed by atoms with Gasteiger partial charge in [0.15, 0.2) is 0 Å². The molecule has 0 fully saturated rings. The van der Waals surface area contributed by atoms with E-state index in [2.05, 4.69) is 10.0 Å². The lowest BCUT2D eigenvalue weighted by Gasteiger charge is -2.14. The van der Waals surface area contributed by atoms with Gasteiger partial charge in [-0.2, -0.15) is 0 Å². The van der Waals surface area contributed by atoms with Crippen LogP contribution in [0, 0.1) is 6.92 Å². The van der Waals surface area contributed by atoms with Crippen molar-refractivity contribution in [2.24, 2.45) is 0 Å². The predicted molar refractivity (Wildman–Crippen MR) is 129 cm³/mol. The van der Waals surface area contributed by atoms with Gasteiger partial charge in [0.2, 0.25) is 0 Å². The standard InChI is InChI=1S/C26H22N2O4S/c1-19-24(13-8-14-25(19)28-33(30,31)23-11-6-3-7-12-23)26(29)27-20-15-17-22(18-16-20)32-21-9-4-2-5-10-21/h2-18,28H,1H3,(H,27,29). The average molecular weight is 459 g/mol. The summed E-state index contributed by atoms with van der Waals surface area (Å²) in [4.78, 5) is 13.0. The molecule has 4 aromatic rings. The van der Waals surface area contributed by atoms with Gasteiger partial charge < -0.3 is 10.1 Å². The van der Waals surface area contributed by atoms with Crippen molar-refractivity contribution < 1.29 is 17.9 Å². The highest BCUT2D eigenvalue weighted by molar-refractivity contribution is 7.92. The van der Waals surface area contributed by atoms with Crippen molar-refractivity contribution in [2.45, 2.75) is 11.8 Å². The van der Waals surface area contributed by atoms with Gasteiger partial charge in [0.1, 0.15) is 11.5 Å². The van der Waals surface area contributed by atoms with Gasteiger partial charge in [0.05, 0.1) is 10.6 Å². The quantitative estimate of drug-likeness (QED) is 0.364. The van der Waals surface area contributed by atoms with Crippen molar-refractivity contribution in [3.63, 3.8) is 0 Å². The smallest absolute Gasteiger partial charge is 0.261 e. The topological polar surface area (TPSA) is 84.5 Å². The summed E-state index contributed by atoms with van der Waals surface area (Å²) in [6.45, 7) is 1.70. The van der Waals surface area contributed by atoms with E-state index in [9.17, 15) is 13.2 Å². The molecule has 33 heavy (non-hydrogen) atoms. The van der Waals surface area contributed by atoms with E-state index in [1.807, 2.05) is 30.3 Å². The molecular formula is C26H22N2O4S. The van der Waals surface area contributed by atoms with Gasteiger partial charge in [-0.05, 0) is 73.2 Å². The first-order valence-electron chi connectivity index (χ1n) is 10.2. The summed E-state index contributed by atoms with van der Waals surface area (Å²) in [6, 6.07) is 29.4. The summed E-state index contributed by atoms with van der Waals surface area (Å²) in [7, 11) is -3.76. The fourth-order valence-electron chi connectivity index (χ4n) is 3.22. The number of para-hydroxylation sites is 1. The molecule has 0 aliphatic rings. The largest absolute Gasteiger partial charge is 0.457 e. The summed E-state index contributed by atoms with van der Waals surface area (Å²) in [6.07, 6.45) is 0. The molecule has 0 saturated carbocycles. The molecule has 0 saturated heterocycles. The Morgan fingerprint density at radius 2 is 1.33 bits per heavy atom. The molecule has 6 nitrogen and oxygen atoms in total. The zero-order valence-corrected chi connectivity index (χ0v) is 18.7. The summed E-state index contributed by atoms with van der Waals surface area (Å²) >= 11 is 0. The number of anilines is 2. The molecule has 0 unspecified atom stereocenters. The fraction of sp³-hybridized carbons (Fsp3) is 0.0385. The molecule has 0 aliphatic heterocycles. The summed E-state index contributed by atoms with van der Waals surface area (Å²) in [5.74, 6) is 1.03. The summed E-state index contributed by atoms with van der Waals surface area (Å²) < 4.78 is 33.7. The van der Waals surface area contributed by atoms with Gasteiger partial charge in [-0.3, -0.25) is 9.52 Å². The van der Waals surface area contributed by atoms with E-state index in [1.165, 1.54) is 12.1 Å². The molecule has 0 aromatic heterocycles. The molecule has 4 aromatic carbocycles. The Morgan fingerprint density at radius 1 is 0.727 bits per heavy atom. The maximum absolute atomic E-state index is 12.9. The van der Waals surface area contributed by atoms with E-state index in [1.54, 1.807) is 67.6 Å². The highest BCUT2D eigenvalue weighted by Crippen LogP contribution is 2.25. The minimum atomic E-state index is -3.76. The third-order valence-corrected chi connectivity index (χ3v) is 6.35. The number of benzene rings is 4. The molecule has 166 valence electrons. The van der Waals surface area contributed by atoms with Gasteiger partial charge in [0, 0.05) is 11.3 Å². The van der Waals surface area contributed by atoms with Crippen LogP contribution in [0.5, 0.6) is 11.5 Å². The van der Waals surface area contributed by atoms with Crippen molar-refractivity contribution in [1.29, 1.82) is 0 Å². The Hall–Kier alpha value is -4.10. The maximum atomic E-state index is 12.9. The van der Waals surface area contributed by atoms with Gasteiger partial charge in [-0.15, -0.1) is 0 Å². The minimum absolute atomic E-state index is 0.150. The van der Waals surface area contributed by atoms with Crippen molar-refractivity contribution in [3.8, 4) is 11.5 Å². The number of ether oxygens (including phenoxy) is 1. The van der Waals surface area contributed by atoms with Gasteiger partial charge >= 0.3 is 0 Å². The Balaban J connectivity index is 1.48. The van der Waals surface area contributed by atoms with Crippen LogP contribution in [-0.2, 0) is 10.0 Å². The minimum Gasteiger partial charge on any atom is -0.457 e. The average Bonchev–Trinajstić information content (AvgIpc) is 2.83. The van der Waals surface area contributed by atoms with Crippen LogP contribution in [0.3, 0.4) is 0 Å². The van der Waals surface area contributed by atoms with Gasteiger partial charge in [-0.25, -0.2) is 8.42 Å². The first-order valence-corrected chi connectivity index (χ1v) is 11.7. The lowest BCUT2D eigenvalue weighted by atomic mass is 10.1. The van der Waals surface area contributed by atoms with E-state index in [0.717, 1.165) is 5.75 Å². The normalized spacial score (nSPS) is 10.9. The number of carbonyl (C=O) groups excluding carboxylic acids is 1. The number of carbonyl (C=O) groups is 1. The molecule has 0 atom stereocenters. The lowest BCUT2D eigenvalue weighted by Crippen LogP contribution is -2.17. The van der Waals surface area contributed by atoms with E-state index in [4.69, 9.17) is 4.74 Å². The van der Waals surface area contributed by atoms with Crippen molar-refractivity contribution in [3.05, 3.63) is 114 Å². The van der Waals surface area contributed by atoms with Crippen LogP contribution in [0.1, 0.15) is 15.9 Å². The van der Waals surface area contributed by atoms with Crippen molar-refractivity contribution in [1.82, 2.24) is 0 Å². The first-order chi connectivity index (χ1) is 15.9. The van der Waals surface area contributed by atoms with Crippen LogP contribution in [-0.4, -0.2) is 14.3 Å². The molecule has 7 heteroatoms. The molecule has 0 bridgehead atoms. The number of rotatable bonds is 7. The van der Waals surface area contributed by atoms with Crippen LogP contribution in [0.15, 0.2) is 108 Å². The van der Waals surface area contributed by atoms with E-state index < -0.39 is 10.0 Å². The van der Waals surface area contributed by atoms with E-state index in [-0.39, 0.29) is 10.8 Å². The van der Waals surface area contributed by atoms with E-state index in [0.29, 0.717) is 28.3 Å². The third kappa shape index (κ3) is 5.39. The van der Waals surface area contributed by atoms with Crippen molar-refractivity contribution in [2.75, 3.05) is 10.0 Å². The van der Waals surface area contributed by atoms with Crippen LogP contribution >= 0.6 is 0 Å². The van der Waals surface area contributed by atoms with Gasteiger partial charge in [0.25, 0.3) is 15.9 Å². The van der Waals surface area contributed by atoms with Crippen molar-refractivity contribution >= 4 is 27.3 Å². The molecule has 0 heterocycles. The highest BCUT2D eigenvalue weighted by Gasteiger charge is 2.18. The highest BCUT2D eigenvalue weighted by atomic mass is 32.2. The number of sulfonamides is 1. The van der Waals surface area contributed by atoms with E-state index >= 15 is 0 Å². The molecule has 0 radical (unpaired) electrons. The molecule has 1 amide bonds. The molecular weight excluding hydrogens is 436 g/mol. The Morgan fingerprint density at radius 3 is 2.00 bits per heavy atom. The molecule has 0 aliphatic carbocycles. The van der Waals surface area contributed by atoms with Crippen LogP contribution in [0.2, 0.25) is 0 Å². The second kappa shape index (κ2) is 9.58. The summed E-state index contributed by atoms with van der Waals surface area (Å²) in [5, 5.41) is 2.84. The number of nitrogens with one attached hydrogen (secondary N) is 2. The zero-order valence-electron chi connectivity index (χ0n) is 17.9. The SMILES string of the molecule is Cc1c(NS(=O)(=O)c2ccccc2)cccc1C(=O)Nc1ccc(Oc2ccccc2)cc1. The Bertz CT molecular complexity index is 1350. The van der Waals surface area contributed by atoms with Crippen LogP contribution in [0.25, 0.3) is 0 Å². The zero-order chi connectivity index (χ0) is 23.3.